The van der Waals surface area contributed by atoms with Crippen molar-refractivity contribution >= 4 is 11.8 Å². The number of carboxylic acids is 1. The molecule has 1 aromatic heterocycles. The molecule has 0 aromatic carbocycles. The quantitative estimate of drug-likeness (QED) is 0.844. The molecule has 0 saturated carbocycles. The van der Waals surface area contributed by atoms with E-state index in [0.29, 0.717) is 5.82 Å². The van der Waals surface area contributed by atoms with Crippen LogP contribution in [0.2, 0.25) is 0 Å². The number of hydrogen-bond donors (Lipinski definition) is 2. The Morgan fingerprint density at radius 2 is 2.33 bits per heavy atom. The number of carbonyl (C=O) groups is 1. The third kappa shape index (κ3) is 3.16. The van der Waals surface area contributed by atoms with E-state index in [2.05, 4.69) is 15.3 Å². The van der Waals surface area contributed by atoms with Crippen molar-refractivity contribution in [3.05, 3.63) is 18.1 Å². The van der Waals surface area contributed by atoms with Crippen molar-refractivity contribution in [3.8, 4) is 0 Å². The molecule has 1 aliphatic rings. The molecule has 2 atom stereocenters. The van der Waals surface area contributed by atoms with Crippen molar-refractivity contribution in [3.63, 3.8) is 0 Å². The summed E-state index contributed by atoms with van der Waals surface area (Å²) in [5.74, 6) is -0.501. The highest BCUT2D eigenvalue weighted by Crippen LogP contribution is 2.17. The number of aromatic nitrogens is 2. The molecule has 6 nitrogen and oxygen atoms in total. The largest absolute Gasteiger partial charge is 0.476 e. The summed E-state index contributed by atoms with van der Waals surface area (Å²) in [5.41, 5.74) is -0.0536. The topological polar surface area (TPSA) is 84.3 Å². The number of anilines is 1. The third-order valence-corrected chi connectivity index (χ3v) is 3.02. The Bertz CT molecular complexity index is 402. The number of carboxylic acid groups (broad SMARTS) is 1. The Hall–Kier alpha value is -1.69. The summed E-state index contributed by atoms with van der Waals surface area (Å²) in [6, 6.07) is 0.135. The Morgan fingerprint density at radius 1 is 1.50 bits per heavy atom. The predicted molar refractivity (Wildman–Crippen MR) is 65.7 cm³/mol. The summed E-state index contributed by atoms with van der Waals surface area (Å²) in [6.45, 7) is 2.84. The molecule has 0 aliphatic carbocycles. The van der Waals surface area contributed by atoms with Gasteiger partial charge in [-0.15, -0.1) is 0 Å². The predicted octanol–water partition coefficient (Wildman–Crippen LogP) is 1.54. The third-order valence-electron chi connectivity index (χ3n) is 3.02. The molecule has 1 aliphatic heterocycles. The van der Waals surface area contributed by atoms with E-state index in [4.69, 9.17) is 9.84 Å². The molecule has 0 spiro atoms. The van der Waals surface area contributed by atoms with Crippen LogP contribution in [-0.4, -0.2) is 39.8 Å². The van der Waals surface area contributed by atoms with Crippen molar-refractivity contribution in [2.75, 3.05) is 11.9 Å². The lowest BCUT2D eigenvalue weighted by molar-refractivity contribution is 0.00779. The maximum atomic E-state index is 10.6. The summed E-state index contributed by atoms with van der Waals surface area (Å²) in [5, 5.41) is 11.9. The molecule has 98 valence electrons. The maximum absolute atomic E-state index is 10.6. The lowest BCUT2D eigenvalue weighted by atomic mass is 10.0. The fourth-order valence-corrected chi connectivity index (χ4v) is 2.00. The van der Waals surface area contributed by atoms with Gasteiger partial charge in [0.1, 0.15) is 5.82 Å². The average molecular weight is 251 g/mol. The molecular formula is C12H17N3O3. The molecule has 0 amide bonds. The Morgan fingerprint density at radius 3 is 2.89 bits per heavy atom. The fourth-order valence-electron chi connectivity index (χ4n) is 2.00. The van der Waals surface area contributed by atoms with Crippen LogP contribution in [0.1, 0.15) is 36.7 Å². The van der Waals surface area contributed by atoms with Crippen LogP contribution in [-0.2, 0) is 4.74 Å². The SMILES string of the molecule is CC(Nc1cnc(C(=O)O)cn1)C1CCCCO1. The van der Waals surface area contributed by atoms with Gasteiger partial charge in [-0.2, -0.15) is 0 Å². The van der Waals surface area contributed by atoms with E-state index in [1.165, 1.54) is 18.8 Å². The van der Waals surface area contributed by atoms with Crippen LogP contribution in [0.5, 0.6) is 0 Å². The lowest BCUT2D eigenvalue weighted by Crippen LogP contribution is -2.35. The lowest BCUT2D eigenvalue weighted by Gasteiger charge is -2.28. The first-order chi connectivity index (χ1) is 8.66. The van der Waals surface area contributed by atoms with Crippen molar-refractivity contribution in [2.24, 2.45) is 0 Å². The van der Waals surface area contributed by atoms with Gasteiger partial charge in [-0.3, -0.25) is 0 Å². The van der Waals surface area contributed by atoms with Gasteiger partial charge in [0.05, 0.1) is 24.5 Å². The summed E-state index contributed by atoms with van der Waals surface area (Å²) < 4.78 is 5.67. The van der Waals surface area contributed by atoms with Crippen molar-refractivity contribution in [2.45, 2.75) is 38.3 Å². The summed E-state index contributed by atoms with van der Waals surface area (Å²) >= 11 is 0. The maximum Gasteiger partial charge on any atom is 0.356 e. The van der Waals surface area contributed by atoms with E-state index < -0.39 is 5.97 Å². The van der Waals surface area contributed by atoms with E-state index in [-0.39, 0.29) is 17.8 Å². The molecule has 0 radical (unpaired) electrons. The molecule has 2 N–H and O–H groups in total. The second kappa shape index (κ2) is 5.77. The average Bonchev–Trinajstić information content (AvgIpc) is 2.40. The molecule has 18 heavy (non-hydrogen) atoms. The number of aromatic carboxylic acids is 1. The fraction of sp³-hybridized carbons (Fsp3) is 0.583. The first kappa shape index (κ1) is 12.8. The van der Waals surface area contributed by atoms with Gasteiger partial charge in [0.2, 0.25) is 0 Å². The zero-order valence-corrected chi connectivity index (χ0v) is 10.3. The zero-order chi connectivity index (χ0) is 13.0. The summed E-state index contributed by atoms with van der Waals surface area (Å²) in [6.07, 6.45) is 6.20. The van der Waals surface area contributed by atoms with E-state index in [9.17, 15) is 4.79 Å². The van der Waals surface area contributed by atoms with Crippen LogP contribution in [0.15, 0.2) is 12.4 Å². The molecule has 2 heterocycles. The first-order valence-electron chi connectivity index (χ1n) is 6.10. The second-order valence-electron chi connectivity index (χ2n) is 4.43. The molecule has 1 aromatic rings. The molecule has 6 heteroatoms. The number of hydrogen-bond acceptors (Lipinski definition) is 5. The second-order valence-corrected chi connectivity index (χ2v) is 4.43. The number of nitrogens with zero attached hydrogens (tertiary/aromatic N) is 2. The van der Waals surface area contributed by atoms with Gasteiger partial charge in [0.15, 0.2) is 5.69 Å². The normalized spacial score (nSPS) is 21.3. The van der Waals surface area contributed by atoms with Crippen LogP contribution >= 0.6 is 0 Å². The smallest absolute Gasteiger partial charge is 0.356 e. The highest BCUT2D eigenvalue weighted by molar-refractivity contribution is 5.84. The zero-order valence-electron chi connectivity index (χ0n) is 10.3. The Balaban J connectivity index is 1.93. The van der Waals surface area contributed by atoms with Gasteiger partial charge in [-0.1, -0.05) is 0 Å². The van der Waals surface area contributed by atoms with Crippen LogP contribution in [0, 0.1) is 0 Å². The molecule has 2 unspecified atom stereocenters. The minimum absolute atomic E-state index is 0.0536. The van der Waals surface area contributed by atoms with Gasteiger partial charge in [-0.05, 0) is 26.2 Å². The molecule has 0 bridgehead atoms. The van der Waals surface area contributed by atoms with Gasteiger partial charge >= 0.3 is 5.97 Å². The van der Waals surface area contributed by atoms with E-state index >= 15 is 0 Å². The monoisotopic (exact) mass is 251 g/mol. The van der Waals surface area contributed by atoms with Gasteiger partial charge in [0, 0.05) is 6.61 Å². The van der Waals surface area contributed by atoms with Crippen LogP contribution in [0.25, 0.3) is 0 Å². The van der Waals surface area contributed by atoms with Crippen molar-refractivity contribution < 1.29 is 14.6 Å². The highest BCUT2D eigenvalue weighted by Gasteiger charge is 2.21. The number of ether oxygens (including phenoxy) is 1. The van der Waals surface area contributed by atoms with E-state index in [1.807, 2.05) is 6.92 Å². The summed E-state index contributed by atoms with van der Waals surface area (Å²) in [7, 11) is 0. The number of nitrogens with one attached hydrogen (secondary N) is 1. The van der Waals surface area contributed by atoms with Crippen LogP contribution in [0.4, 0.5) is 5.82 Å². The van der Waals surface area contributed by atoms with E-state index in [1.54, 1.807) is 0 Å². The summed E-state index contributed by atoms with van der Waals surface area (Å²) in [4.78, 5) is 18.5. The van der Waals surface area contributed by atoms with Crippen molar-refractivity contribution in [1.29, 1.82) is 0 Å². The molecule has 2 rings (SSSR count). The van der Waals surface area contributed by atoms with Crippen LogP contribution in [0.3, 0.4) is 0 Å². The van der Waals surface area contributed by atoms with Crippen LogP contribution < -0.4 is 5.32 Å². The van der Waals surface area contributed by atoms with Crippen molar-refractivity contribution in [1.82, 2.24) is 9.97 Å². The van der Waals surface area contributed by atoms with Gasteiger partial charge in [0.25, 0.3) is 0 Å². The first-order valence-corrected chi connectivity index (χ1v) is 6.10. The minimum atomic E-state index is -1.07. The minimum Gasteiger partial charge on any atom is -0.476 e. The molecule has 1 saturated heterocycles. The number of rotatable bonds is 4. The Labute approximate surface area is 105 Å². The van der Waals surface area contributed by atoms with Gasteiger partial charge in [-0.25, -0.2) is 14.8 Å². The molecule has 1 fully saturated rings. The van der Waals surface area contributed by atoms with E-state index in [0.717, 1.165) is 19.4 Å². The van der Waals surface area contributed by atoms with Gasteiger partial charge < -0.3 is 15.2 Å². The standard InChI is InChI=1S/C12H17N3O3/c1-8(10-4-2-3-5-18-10)15-11-7-13-9(6-14-11)12(16)17/h6-8,10H,2-5H2,1H3,(H,14,15)(H,16,17). The Kier molecular flexibility index (Phi) is 4.09. The highest BCUT2D eigenvalue weighted by atomic mass is 16.5. The molecular weight excluding hydrogens is 234 g/mol.